The maximum Gasteiger partial charge on any atom is 0.0518 e. The third kappa shape index (κ3) is 6.77. The van der Waals surface area contributed by atoms with E-state index in [1.165, 1.54) is 0 Å². The molecule has 0 heterocycles. The Morgan fingerprint density at radius 1 is 1.40 bits per heavy atom. The second-order valence-corrected chi connectivity index (χ2v) is 3.34. The zero-order valence-corrected chi connectivity index (χ0v) is 9.01. The van der Waals surface area contributed by atoms with E-state index in [0.29, 0.717) is 12.1 Å². The summed E-state index contributed by atoms with van der Waals surface area (Å²) in [5, 5.41) is 0. The quantitative estimate of drug-likeness (QED) is 0.601. The van der Waals surface area contributed by atoms with Gasteiger partial charge in [0.15, 0.2) is 0 Å². The molecule has 3 heteroatoms. The smallest absolute Gasteiger partial charge is 0.0518 e. The Labute approximate surface area is 77.2 Å². The molecule has 0 saturated heterocycles. The minimum Gasteiger partial charge on any atom is -0.379 e. The summed E-state index contributed by atoms with van der Waals surface area (Å²) >= 11 is 2.16. The first-order valence-corrected chi connectivity index (χ1v) is 4.72. The van der Waals surface area contributed by atoms with Crippen LogP contribution in [-0.4, -0.2) is 18.8 Å². The van der Waals surface area contributed by atoms with Gasteiger partial charge in [-0.15, -0.1) is 0 Å². The highest BCUT2D eigenvalue weighted by atomic mass is 127. The molecule has 0 spiro atoms. The summed E-state index contributed by atoms with van der Waals surface area (Å²) < 4.78 is 8.50. The summed E-state index contributed by atoms with van der Waals surface area (Å²) in [4.78, 5) is 0. The van der Waals surface area contributed by atoms with Crippen molar-refractivity contribution < 1.29 is 4.74 Å². The average molecular weight is 257 g/mol. The van der Waals surface area contributed by atoms with Gasteiger partial charge in [0.2, 0.25) is 0 Å². The number of hydrogen-bond donors (Lipinski definition) is 1. The zero-order valence-electron chi connectivity index (χ0n) is 6.86. The largest absolute Gasteiger partial charge is 0.379 e. The maximum absolute atomic E-state index is 5.37. The van der Waals surface area contributed by atoms with Crippen molar-refractivity contribution in [1.82, 2.24) is 3.53 Å². The van der Waals surface area contributed by atoms with Gasteiger partial charge in [-0.25, -0.2) is 0 Å². The molecule has 0 aromatic carbocycles. The number of nitrogens with one attached hydrogen (secondary N) is 1. The molecule has 2 nitrogen and oxygen atoms in total. The van der Waals surface area contributed by atoms with Gasteiger partial charge in [-0.2, -0.15) is 0 Å². The Morgan fingerprint density at radius 3 is 2.40 bits per heavy atom. The molecular formula is C7H16INO. The van der Waals surface area contributed by atoms with E-state index in [0.717, 1.165) is 13.0 Å². The molecule has 10 heavy (non-hydrogen) atoms. The van der Waals surface area contributed by atoms with Gasteiger partial charge in [0, 0.05) is 35.5 Å². The second kappa shape index (κ2) is 6.37. The normalized spacial score (nSPS) is 14.1. The van der Waals surface area contributed by atoms with E-state index in [1.807, 2.05) is 0 Å². The fraction of sp³-hybridized carbons (Fsp3) is 1.00. The number of rotatable bonds is 5. The van der Waals surface area contributed by atoms with Crippen LogP contribution in [0.2, 0.25) is 0 Å². The predicted octanol–water partition coefficient (Wildman–Crippen LogP) is 2.13. The van der Waals surface area contributed by atoms with E-state index in [4.69, 9.17) is 4.74 Å². The summed E-state index contributed by atoms with van der Waals surface area (Å²) in [5.74, 6) is 0. The molecule has 0 aliphatic carbocycles. The van der Waals surface area contributed by atoms with Crippen molar-refractivity contribution in [2.24, 2.45) is 0 Å². The van der Waals surface area contributed by atoms with Gasteiger partial charge < -0.3 is 4.74 Å². The molecular weight excluding hydrogens is 241 g/mol. The second-order valence-electron chi connectivity index (χ2n) is 2.72. The van der Waals surface area contributed by atoms with Crippen LogP contribution in [0.3, 0.4) is 0 Å². The molecule has 0 fully saturated rings. The first-order valence-electron chi connectivity index (χ1n) is 3.64. The van der Waals surface area contributed by atoms with Crippen LogP contribution in [0.25, 0.3) is 0 Å². The van der Waals surface area contributed by atoms with Crippen molar-refractivity contribution in [3.8, 4) is 0 Å². The number of hydrogen-bond acceptors (Lipinski definition) is 2. The van der Waals surface area contributed by atoms with E-state index in [1.54, 1.807) is 0 Å². The fourth-order valence-corrected chi connectivity index (χ4v) is 0.846. The Kier molecular flexibility index (Phi) is 6.78. The zero-order chi connectivity index (χ0) is 7.98. The highest BCUT2D eigenvalue weighted by Crippen LogP contribution is 1.96. The molecule has 0 unspecified atom stereocenters. The van der Waals surface area contributed by atoms with Gasteiger partial charge in [-0.05, 0) is 27.2 Å². The molecule has 1 atom stereocenters. The lowest BCUT2D eigenvalue weighted by Gasteiger charge is -2.10. The van der Waals surface area contributed by atoms with Gasteiger partial charge in [0.25, 0.3) is 0 Å². The van der Waals surface area contributed by atoms with E-state index >= 15 is 0 Å². The first-order chi connectivity index (χ1) is 4.66. The van der Waals surface area contributed by atoms with Crippen LogP contribution in [0.5, 0.6) is 0 Å². The number of ether oxygens (including phenoxy) is 1. The number of halogens is 1. The van der Waals surface area contributed by atoms with Gasteiger partial charge in [-0.3, -0.25) is 3.53 Å². The monoisotopic (exact) mass is 257 g/mol. The van der Waals surface area contributed by atoms with Crippen molar-refractivity contribution in [3.05, 3.63) is 0 Å². The molecule has 0 amide bonds. The fourth-order valence-electron chi connectivity index (χ4n) is 0.535. The Hall–Kier alpha value is 0.650. The minimum absolute atomic E-state index is 0.362. The summed E-state index contributed by atoms with van der Waals surface area (Å²) in [6.45, 7) is 7.12. The van der Waals surface area contributed by atoms with Crippen molar-refractivity contribution in [1.29, 1.82) is 0 Å². The van der Waals surface area contributed by atoms with Crippen molar-refractivity contribution in [2.45, 2.75) is 39.3 Å². The third-order valence-corrected chi connectivity index (χ3v) is 2.25. The summed E-state index contributed by atoms with van der Waals surface area (Å²) in [6, 6.07) is 0.555. The lowest BCUT2D eigenvalue weighted by atomic mass is 10.3. The molecule has 1 N–H and O–H groups in total. The Balaban J connectivity index is 3.03. The molecule has 0 saturated carbocycles. The lowest BCUT2D eigenvalue weighted by molar-refractivity contribution is 0.0741. The Bertz CT molecular complexity index is 78.0. The molecule has 0 aliphatic rings. The van der Waals surface area contributed by atoms with E-state index in [9.17, 15) is 0 Å². The van der Waals surface area contributed by atoms with Crippen LogP contribution < -0.4 is 3.53 Å². The van der Waals surface area contributed by atoms with Gasteiger partial charge in [0.05, 0.1) is 6.10 Å². The van der Waals surface area contributed by atoms with Crippen molar-refractivity contribution in [3.63, 3.8) is 0 Å². The van der Waals surface area contributed by atoms with Crippen LogP contribution in [0.15, 0.2) is 0 Å². The topological polar surface area (TPSA) is 21.3 Å². The predicted molar refractivity (Wildman–Crippen MR) is 52.3 cm³/mol. The van der Waals surface area contributed by atoms with Crippen LogP contribution >= 0.6 is 22.9 Å². The van der Waals surface area contributed by atoms with Gasteiger partial charge in [0.1, 0.15) is 0 Å². The molecule has 0 aliphatic heterocycles. The molecule has 62 valence electrons. The van der Waals surface area contributed by atoms with Crippen molar-refractivity contribution in [2.75, 3.05) is 6.61 Å². The highest BCUT2D eigenvalue weighted by molar-refractivity contribution is 14.1. The molecule has 0 rings (SSSR count). The minimum atomic E-state index is 0.362. The standard InChI is InChI=1S/C7H16INO/c1-6(2)10-5-4-7(3)9-8/h6-7,9H,4-5H2,1-3H3/t7-/m1/s1. The van der Waals surface area contributed by atoms with Crippen LogP contribution in [0.1, 0.15) is 27.2 Å². The highest BCUT2D eigenvalue weighted by Gasteiger charge is 1.98. The third-order valence-electron chi connectivity index (χ3n) is 1.19. The van der Waals surface area contributed by atoms with Crippen LogP contribution in [0.4, 0.5) is 0 Å². The lowest BCUT2D eigenvalue weighted by Crippen LogP contribution is -2.18. The van der Waals surface area contributed by atoms with E-state index in [2.05, 4.69) is 47.2 Å². The van der Waals surface area contributed by atoms with Gasteiger partial charge in [-0.1, -0.05) is 0 Å². The van der Waals surface area contributed by atoms with Crippen LogP contribution in [-0.2, 0) is 4.74 Å². The average Bonchev–Trinajstić information content (AvgIpc) is 1.87. The van der Waals surface area contributed by atoms with Crippen molar-refractivity contribution >= 4 is 22.9 Å². The van der Waals surface area contributed by atoms with E-state index in [-0.39, 0.29) is 0 Å². The molecule has 0 aromatic heterocycles. The summed E-state index contributed by atoms with van der Waals surface area (Å²) in [5.41, 5.74) is 0. The maximum atomic E-state index is 5.37. The van der Waals surface area contributed by atoms with Gasteiger partial charge >= 0.3 is 0 Å². The SMILES string of the molecule is CC(C)OCC[C@@H](C)NI. The molecule has 0 aromatic rings. The Morgan fingerprint density at radius 2 is 2.00 bits per heavy atom. The first kappa shape index (κ1) is 10.7. The molecule has 0 radical (unpaired) electrons. The molecule has 0 bridgehead atoms. The van der Waals surface area contributed by atoms with E-state index < -0.39 is 0 Å². The summed E-state index contributed by atoms with van der Waals surface area (Å²) in [7, 11) is 0. The summed E-state index contributed by atoms with van der Waals surface area (Å²) in [6.07, 6.45) is 1.45. The van der Waals surface area contributed by atoms with Crippen LogP contribution in [0, 0.1) is 0 Å².